The van der Waals surface area contributed by atoms with Crippen LogP contribution in [0, 0.1) is 12.7 Å². The number of carbonyl (C=O) groups is 3. The van der Waals surface area contributed by atoms with Crippen molar-refractivity contribution >= 4 is 35.6 Å². The lowest BCUT2D eigenvalue weighted by atomic mass is 10.2. The Morgan fingerprint density at radius 2 is 2.00 bits per heavy atom. The number of esters is 2. The van der Waals surface area contributed by atoms with Crippen molar-refractivity contribution in [3.8, 4) is 5.69 Å². The van der Waals surface area contributed by atoms with Crippen molar-refractivity contribution in [1.82, 2.24) is 20.4 Å². The maximum atomic E-state index is 13.2. The second-order valence-electron chi connectivity index (χ2n) is 6.60. The average molecular weight is 463 g/mol. The van der Waals surface area contributed by atoms with Gasteiger partial charge in [0.15, 0.2) is 0 Å². The molecule has 3 rings (SSSR count). The highest BCUT2D eigenvalue weighted by atomic mass is 35.5. The quantitative estimate of drug-likeness (QED) is 0.483. The van der Waals surface area contributed by atoms with E-state index in [1.54, 1.807) is 13.8 Å². The highest BCUT2D eigenvalue weighted by molar-refractivity contribution is 6.31. The molecule has 1 aromatic heterocycles. The molecule has 0 saturated carbocycles. The van der Waals surface area contributed by atoms with Crippen molar-refractivity contribution in [1.29, 1.82) is 0 Å². The van der Waals surface area contributed by atoms with Gasteiger partial charge in [0.2, 0.25) is 0 Å². The molecule has 2 amide bonds. The Morgan fingerprint density at radius 3 is 2.69 bits per heavy atom. The molecule has 1 aliphatic heterocycles. The number of rotatable bonds is 7. The minimum absolute atomic E-state index is 0.0369. The van der Waals surface area contributed by atoms with Crippen molar-refractivity contribution in [2.24, 2.45) is 0 Å². The number of carbonyl (C=O) groups excluding carboxylic acids is 3. The first kappa shape index (κ1) is 23.0. The molecule has 168 valence electrons. The molecule has 0 atom stereocenters. The van der Waals surface area contributed by atoms with E-state index in [2.05, 4.69) is 15.7 Å². The van der Waals surface area contributed by atoms with E-state index < -0.39 is 18.0 Å². The summed E-state index contributed by atoms with van der Waals surface area (Å²) in [7, 11) is 0. The molecule has 0 unspecified atom stereocenters. The first-order valence-corrected chi connectivity index (χ1v) is 9.97. The van der Waals surface area contributed by atoms with E-state index in [1.165, 1.54) is 35.0 Å². The van der Waals surface area contributed by atoms with Crippen molar-refractivity contribution in [2.75, 3.05) is 19.8 Å². The normalized spacial score (nSPS) is 13.7. The molecular formula is C21H20ClFN4O5. The summed E-state index contributed by atoms with van der Waals surface area (Å²) in [5.74, 6) is -1.72. The molecule has 1 aromatic carbocycles. The fourth-order valence-electron chi connectivity index (χ4n) is 2.87. The van der Waals surface area contributed by atoms with E-state index in [-0.39, 0.29) is 42.0 Å². The Labute approximate surface area is 187 Å². The third kappa shape index (κ3) is 5.33. The zero-order valence-electron chi connectivity index (χ0n) is 17.3. The Morgan fingerprint density at radius 1 is 1.28 bits per heavy atom. The molecule has 9 nitrogen and oxygen atoms in total. The third-order valence-electron chi connectivity index (χ3n) is 4.44. The van der Waals surface area contributed by atoms with E-state index in [9.17, 15) is 18.8 Å². The summed E-state index contributed by atoms with van der Waals surface area (Å²) in [5.41, 5.74) is 1.90. The van der Waals surface area contributed by atoms with Crippen molar-refractivity contribution in [3.63, 3.8) is 0 Å². The fourth-order valence-corrected chi connectivity index (χ4v) is 3.20. The molecule has 0 spiro atoms. The predicted molar refractivity (Wildman–Crippen MR) is 113 cm³/mol. The van der Waals surface area contributed by atoms with Crippen LogP contribution in [-0.2, 0) is 19.1 Å². The number of amides is 2. The number of aromatic nitrogens is 2. The lowest BCUT2D eigenvalue weighted by Gasteiger charge is -2.20. The van der Waals surface area contributed by atoms with Crippen molar-refractivity contribution in [2.45, 2.75) is 13.8 Å². The molecule has 0 bridgehead atoms. The van der Waals surface area contributed by atoms with E-state index in [4.69, 9.17) is 21.1 Å². The van der Waals surface area contributed by atoms with E-state index in [1.807, 2.05) is 0 Å². The number of hydrogen-bond acceptors (Lipinski definition) is 6. The van der Waals surface area contributed by atoms with Crippen molar-refractivity contribution in [3.05, 3.63) is 63.8 Å². The van der Waals surface area contributed by atoms with E-state index in [0.717, 1.165) is 6.08 Å². The Bertz CT molecular complexity index is 1110. The van der Waals surface area contributed by atoms with Gasteiger partial charge in [0.1, 0.15) is 17.6 Å². The molecule has 2 aromatic rings. The van der Waals surface area contributed by atoms with Crippen LogP contribution < -0.4 is 10.6 Å². The summed E-state index contributed by atoms with van der Waals surface area (Å²) in [6.45, 7) is 3.16. The van der Waals surface area contributed by atoms with E-state index >= 15 is 0 Å². The van der Waals surface area contributed by atoms with Gasteiger partial charge in [-0.05, 0) is 44.2 Å². The van der Waals surface area contributed by atoms with Gasteiger partial charge in [-0.3, -0.25) is 0 Å². The standard InChI is InChI=1S/C21H20ClFN4O5/c1-3-31-20(29)16-10-24-21(30)25-17(16)11-32-18(28)9-8-15-12(2)26-27(19(15)22)14-6-4-13(23)5-7-14/h4-9H,3,10-11H2,1-2H3,(H2,24,25,30)/b9-8+. The number of nitrogens with one attached hydrogen (secondary N) is 2. The molecule has 0 aliphatic carbocycles. The summed E-state index contributed by atoms with van der Waals surface area (Å²) in [6, 6.07) is 5.10. The second kappa shape index (κ2) is 10.1. The zero-order valence-corrected chi connectivity index (χ0v) is 18.0. The van der Waals surface area contributed by atoms with Crippen LogP contribution in [0.1, 0.15) is 18.2 Å². The molecule has 11 heteroatoms. The molecule has 0 fully saturated rings. The van der Waals surface area contributed by atoms with E-state index in [0.29, 0.717) is 16.9 Å². The molecule has 2 heterocycles. The van der Waals surface area contributed by atoms with Crippen LogP contribution in [0.4, 0.5) is 9.18 Å². The lowest BCUT2D eigenvalue weighted by molar-refractivity contribution is -0.140. The van der Waals surface area contributed by atoms with Crippen LogP contribution >= 0.6 is 11.6 Å². The van der Waals surface area contributed by atoms with Crippen LogP contribution in [0.5, 0.6) is 0 Å². The van der Waals surface area contributed by atoms with Gasteiger partial charge in [0.05, 0.1) is 35.8 Å². The average Bonchev–Trinajstić information content (AvgIpc) is 3.05. The summed E-state index contributed by atoms with van der Waals surface area (Å²) >= 11 is 6.38. The molecule has 0 radical (unpaired) electrons. The highest BCUT2D eigenvalue weighted by Crippen LogP contribution is 2.25. The zero-order chi connectivity index (χ0) is 23.3. The maximum absolute atomic E-state index is 13.2. The number of aryl methyl sites for hydroxylation is 1. The highest BCUT2D eigenvalue weighted by Gasteiger charge is 2.24. The van der Waals surface area contributed by atoms with Crippen molar-refractivity contribution < 1.29 is 28.2 Å². The summed E-state index contributed by atoms with van der Waals surface area (Å²) < 4.78 is 24.7. The van der Waals surface area contributed by atoms with Gasteiger partial charge in [-0.15, -0.1) is 0 Å². The summed E-state index contributed by atoms with van der Waals surface area (Å²) in [4.78, 5) is 35.8. The third-order valence-corrected chi connectivity index (χ3v) is 4.80. The second-order valence-corrected chi connectivity index (χ2v) is 6.96. The Kier molecular flexibility index (Phi) is 7.26. The lowest BCUT2D eigenvalue weighted by Crippen LogP contribution is -2.45. The van der Waals surface area contributed by atoms with Crippen LogP contribution in [0.3, 0.4) is 0 Å². The van der Waals surface area contributed by atoms with Crippen LogP contribution in [0.2, 0.25) is 5.15 Å². The predicted octanol–water partition coefficient (Wildman–Crippen LogP) is 2.66. The van der Waals surface area contributed by atoms with Gasteiger partial charge in [-0.1, -0.05) is 11.6 Å². The molecule has 32 heavy (non-hydrogen) atoms. The topological polar surface area (TPSA) is 112 Å². The molecular weight excluding hydrogens is 443 g/mol. The molecule has 0 saturated heterocycles. The van der Waals surface area contributed by atoms with Gasteiger partial charge < -0.3 is 20.1 Å². The number of ether oxygens (including phenoxy) is 2. The maximum Gasteiger partial charge on any atom is 0.337 e. The summed E-state index contributed by atoms with van der Waals surface area (Å²) in [6.07, 6.45) is 2.59. The van der Waals surface area contributed by atoms with Gasteiger partial charge in [-0.25, -0.2) is 23.5 Å². The van der Waals surface area contributed by atoms with Crippen LogP contribution in [0.15, 0.2) is 41.6 Å². The smallest absolute Gasteiger partial charge is 0.337 e. The van der Waals surface area contributed by atoms with Gasteiger partial charge in [-0.2, -0.15) is 5.10 Å². The van der Waals surface area contributed by atoms with Gasteiger partial charge in [0, 0.05) is 11.6 Å². The van der Waals surface area contributed by atoms with Gasteiger partial charge >= 0.3 is 18.0 Å². The van der Waals surface area contributed by atoms with Crippen LogP contribution in [0.25, 0.3) is 11.8 Å². The number of urea groups is 1. The summed E-state index contributed by atoms with van der Waals surface area (Å²) in [5, 5.41) is 9.44. The Hall–Kier alpha value is -3.66. The monoisotopic (exact) mass is 462 g/mol. The number of nitrogens with zero attached hydrogens (tertiary/aromatic N) is 2. The first-order chi connectivity index (χ1) is 15.3. The van der Waals surface area contributed by atoms with Crippen LogP contribution in [-0.4, -0.2) is 47.5 Å². The largest absolute Gasteiger partial charge is 0.463 e. The minimum atomic E-state index is -0.724. The number of benzene rings is 1. The molecule has 1 aliphatic rings. The SMILES string of the molecule is CCOC(=O)C1=C(COC(=O)/C=C/c2c(C)nn(-c3ccc(F)cc3)c2Cl)NC(=O)NC1. The Balaban J connectivity index is 1.71. The minimum Gasteiger partial charge on any atom is -0.463 e. The number of halogens is 2. The fraction of sp³-hybridized carbons (Fsp3) is 0.238. The van der Waals surface area contributed by atoms with Gasteiger partial charge in [0.25, 0.3) is 0 Å². The first-order valence-electron chi connectivity index (χ1n) is 9.60. The number of hydrogen-bond donors (Lipinski definition) is 2. The molecule has 2 N–H and O–H groups in total.